The van der Waals surface area contributed by atoms with Crippen molar-refractivity contribution in [3.8, 4) is 0 Å². The molecule has 0 aromatic carbocycles. The first-order valence-electron chi connectivity index (χ1n) is 3.28. The van der Waals surface area contributed by atoms with Crippen LogP contribution in [0, 0.1) is 0 Å². The lowest BCUT2D eigenvalue weighted by Gasteiger charge is -1.71. The molecular weight excluding hydrogens is 96.1 g/mol. The zero-order chi connectivity index (χ0) is 5.82. The molecule has 1 aliphatic carbocycles. The molecule has 1 saturated carbocycles. The first-order valence-corrected chi connectivity index (χ1v) is 3.28. The SMILES string of the molecule is CC/C=C/C=C1CC1. The Kier molecular flexibility index (Phi) is 1.90. The average Bonchev–Trinajstić information content (AvgIpc) is 2.51. The van der Waals surface area contributed by atoms with Gasteiger partial charge in [0, 0.05) is 0 Å². The largest absolute Gasteiger partial charge is 0.0848 e. The van der Waals surface area contributed by atoms with E-state index in [0.717, 1.165) is 6.42 Å². The first kappa shape index (κ1) is 5.61. The molecule has 0 saturated heterocycles. The van der Waals surface area contributed by atoms with Crippen molar-refractivity contribution in [2.24, 2.45) is 0 Å². The fourth-order valence-corrected chi connectivity index (χ4v) is 0.579. The summed E-state index contributed by atoms with van der Waals surface area (Å²) in [7, 11) is 0. The van der Waals surface area contributed by atoms with Crippen molar-refractivity contribution in [3.05, 3.63) is 23.8 Å². The third kappa shape index (κ3) is 1.97. The molecule has 1 aliphatic rings. The van der Waals surface area contributed by atoms with Gasteiger partial charge in [0.05, 0.1) is 0 Å². The maximum Gasteiger partial charge on any atom is -0.0280 e. The summed E-state index contributed by atoms with van der Waals surface area (Å²) >= 11 is 0. The Hall–Kier alpha value is -0.520. The summed E-state index contributed by atoms with van der Waals surface area (Å²) in [4.78, 5) is 0. The zero-order valence-corrected chi connectivity index (χ0v) is 5.35. The molecule has 44 valence electrons. The summed E-state index contributed by atoms with van der Waals surface area (Å²) in [5, 5.41) is 0. The van der Waals surface area contributed by atoms with E-state index < -0.39 is 0 Å². The van der Waals surface area contributed by atoms with Crippen molar-refractivity contribution in [1.29, 1.82) is 0 Å². The summed E-state index contributed by atoms with van der Waals surface area (Å²) in [6.45, 7) is 2.15. The topological polar surface area (TPSA) is 0 Å². The van der Waals surface area contributed by atoms with Crippen LogP contribution in [0.3, 0.4) is 0 Å². The van der Waals surface area contributed by atoms with Gasteiger partial charge in [-0.1, -0.05) is 30.7 Å². The molecule has 0 radical (unpaired) electrons. The lowest BCUT2D eigenvalue weighted by molar-refractivity contribution is 1.22. The molecule has 0 heteroatoms. The molecule has 0 spiro atoms. The molecule has 0 bridgehead atoms. The fourth-order valence-electron chi connectivity index (χ4n) is 0.579. The van der Waals surface area contributed by atoms with Crippen molar-refractivity contribution < 1.29 is 0 Å². The van der Waals surface area contributed by atoms with Crippen LogP contribution in [0.1, 0.15) is 26.2 Å². The van der Waals surface area contributed by atoms with Gasteiger partial charge in [0.1, 0.15) is 0 Å². The molecule has 1 rings (SSSR count). The highest BCUT2D eigenvalue weighted by Crippen LogP contribution is 2.27. The second kappa shape index (κ2) is 2.71. The molecule has 0 aromatic heterocycles. The van der Waals surface area contributed by atoms with Crippen molar-refractivity contribution in [2.45, 2.75) is 26.2 Å². The minimum Gasteiger partial charge on any atom is -0.0848 e. The molecular formula is C8H12. The Morgan fingerprint density at radius 3 is 2.75 bits per heavy atom. The van der Waals surface area contributed by atoms with Crippen LogP contribution < -0.4 is 0 Å². The molecule has 0 atom stereocenters. The van der Waals surface area contributed by atoms with E-state index in [1.54, 1.807) is 5.57 Å². The van der Waals surface area contributed by atoms with Crippen molar-refractivity contribution in [2.75, 3.05) is 0 Å². The molecule has 0 aliphatic heterocycles. The number of allylic oxidation sites excluding steroid dienone is 4. The van der Waals surface area contributed by atoms with Gasteiger partial charge < -0.3 is 0 Å². The summed E-state index contributed by atoms with van der Waals surface area (Å²) < 4.78 is 0. The van der Waals surface area contributed by atoms with Gasteiger partial charge in [-0.25, -0.2) is 0 Å². The smallest absolute Gasteiger partial charge is 0.0280 e. The summed E-state index contributed by atoms with van der Waals surface area (Å²) in [5.41, 5.74) is 1.61. The Labute approximate surface area is 50.9 Å². The Balaban J connectivity index is 2.19. The number of hydrogen-bond donors (Lipinski definition) is 0. The van der Waals surface area contributed by atoms with Crippen LogP contribution in [0.25, 0.3) is 0 Å². The van der Waals surface area contributed by atoms with Gasteiger partial charge in [0.15, 0.2) is 0 Å². The highest BCUT2D eigenvalue weighted by molar-refractivity contribution is 5.22. The van der Waals surface area contributed by atoms with E-state index in [-0.39, 0.29) is 0 Å². The molecule has 8 heavy (non-hydrogen) atoms. The lowest BCUT2D eigenvalue weighted by Crippen LogP contribution is -1.50. The maximum atomic E-state index is 2.23. The monoisotopic (exact) mass is 108 g/mol. The second-order valence-corrected chi connectivity index (χ2v) is 2.16. The van der Waals surface area contributed by atoms with E-state index in [2.05, 4.69) is 25.2 Å². The predicted octanol–water partition coefficient (Wildman–Crippen LogP) is 2.67. The van der Waals surface area contributed by atoms with Gasteiger partial charge in [-0.3, -0.25) is 0 Å². The Morgan fingerprint density at radius 2 is 2.25 bits per heavy atom. The Morgan fingerprint density at radius 1 is 1.50 bits per heavy atom. The van der Waals surface area contributed by atoms with Crippen molar-refractivity contribution >= 4 is 0 Å². The zero-order valence-electron chi connectivity index (χ0n) is 5.35. The Bertz CT molecular complexity index is 112. The number of hydrogen-bond acceptors (Lipinski definition) is 0. The van der Waals surface area contributed by atoms with E-state index in [4.69, 9.17) is 0 Å². The highest BCUT2D eigenvalue weighted by Gasteiger charge is 2.07. The molecule has 0 nitrogen and oxygen atoms in total. The van der Waals surface area contributed by atoms with Gasteiger partial charge in [-0.15, -0.1) is 0 Å². The van der Waals surface area contributed by atoms with E-state index in [0.29, 0.717) is 0 Å². The van der Waals surface area contributed by atoms with Gasteiger partial charge in [0.25, 0.3) is 0 Å². The summed E-state index contributed by atoms with van der Waals surface area (Å²) in [6.07, 6.45) is 10.4. The third-order valence-corrected chi connectivity index (χ3v) is 1.24. The molecule has 0 heterocycles. The molecule has 0 unspecified atom stereocenters. The minimum absolute atomic E-state index is 1.16. The summed E-state index contributed by atoms with van der Waals surface area (Å²) in [5.74, 6) is 0. The minimum atomic E-state index is 1.16. The van der Waals surface area contributed by atoms with Gasteiger partial charge in [0.2, 0.25) is 0 Å². The first-order chi connectivity index (χ1) is 3.93. The average molecular weight is 108 g/mol. The fraction of sp³-hybridized carbons (Fsp3) is 0.500. The standard InChI is InChI=1S/C8H12/c1-2-3-4-5-8-6-7-8/h3-5H,2,6-7H2,1H3/b4-3+. The highest BCUT2D eigenvalue weighted by atomic mass is 14.1. The van der Waals surface area contributed by atoms with Crippen LogP contribution in [0.15, 0.2) is 23.8 Å². The van der Waals surface area contributed by atoms with Crippen LogP contribution in [0.2, 0.25) is 0 Å². The van der Waals surface area contributed by atoms with E-state index in [1.807, 2.05) is 0 Å². The van der Waals surface area contributed by atoms with E-state index >= 15 is 0 Å². The van der Waals surface area contributed by atoms with E-state index in [9.17, 15) is 0 Å². The maximum absolute atomic E-state index is 2.23. The number of rotatable bonds is 2. The van der Waals surface area contributed by atoms with Crippen LogP contribution in [0.5, 0.6) is 0 Å². The predicted molar refractivity (Wildman–Crippen MR) is 36.7 cm³/mol. The van der Waals surface area contributed by atoms with Gasteiger partial charge in [-0.2, -0.15) is 0 Å². The van der Waals surface area contributed by atoms with Gasteiger partial charge in [-0.05, 0) is 19.3 Å². The van der Waals surface area contributed by atoms with E-state index in [1.165, 1.54) is 12.8 Å². The molecule has 0 N–H and O–H groups in total. The van der Waals surface area contributed by atoms with Crippen molar-refractivity contribution in [1.82, 2.24) is 0 Å². The van der Waals surface area contributed by atoms with Crippen LogP contribution >= 0.6 is 0 Å². The van der Waals surface area contributed by atoms with Crippen LogP contribution in [-0.2, 0) is 0 Å². The molecule has 1 fully saturated rings. The normalized spacial score (nSPS) is 17.4. The third-order valence-electron chi connectivity index (χ3n) is 1.24. The molecule has 0 aromatic rings. The summed E-state index contributed by atoms with van der Waals surface area (Å²) in [6, 6.07) is 0. The second-order valence-electron chi connectivity index (χ2n) is 2.16. The van der Waals surface area contributed by atoms with Crippen molar-refractivity contribution in [3.63, 3.8) is 0 Å². The lowest BCUT2D eigenvalue weighted by atomic mass is 10.4. The quantitative estimate of drug-likeness (QED) is 0.510. The molecule has 0 amide bonds. The van der Waals surface area contributed by atoms with Crippen LogP contribution in [0.4, 0.5) is 0 Å². The van der Waals surface area contributed by atoms with Crippen LogP contribution in [-0.4, -0.2) is 0 Å². The van der Waals surface area contributed by atoms with Gasteiger partial charge >= 0.3 is 0 Å².